The number of nitrogens with zero attached hydrogens (tertiary/aromatic N) is 6. The zero-order valence-electron chi connectivity index (χ0n) is 32.0. The molecule has 14 heteroatoms. The van der Waals surface area contributed by atoms with E-state index < -0.39 is 23.8 Å². The first-order valence-electron chi connectivity index (χ1n) is 20.0. The number of hydrogen-bond acceptors (Lipinski definition) is 10. The summed E-state index contributed by atoms with van der Waals surface area (Å²) in [7, 11) is 0. The topological polar surface area (TPSA) is 170 Å². The molecule has 57 heavy (non-hydrogen) atoms. The van der Waals surface area contributed by atoms with Gasteiger partial charge in [0.25, 0.3) is 11.8 Å². The molecule has 2 aromatic carbocycles. The van der Waals surface area contributed by atoms with Gasteiger partial charge in [-0.15, -0.1) is 6.58 Å². The Labute approximate surface area is 331 Å². The number of benzene rings is 2. The van der Waals surface area contributed by atoms with Crippen molar-refractivity contribution in [2.75, 3.05) is 36.8 Å². The molecule has 8 rings (SSSR count). The number of carbonyl (C=O) groups excluding carboxylic acids is 4. The molecule has 0 spiro atoms. The summed E-state index contributed by atoms with van der Waals surface area (Å²) in [5.74, 6) is -0.901. The highest BCUT2D eigenvalue weighted by molar-refractivity contribution is 6.25. The molecule has 3 aromatic heterocycles. The molecule has 1 atom stereocenters. The van der Waals surface area contributed by atoms with Crippen LogP contribution in [0.15, 0.2) is 79.8 Å². The third kappa shape index (κ3) is 8.22. The van der Waals surface area contributed by atoms with Crippen LogP contribution in [-0.4, -0.2) is 90.4 Å². The van der Waals surface area contributed by atoms with E-state index in [1.807, 2.05) is 35.4 Å². The molecule has 0 radical (unpaired) electrons. The molecule has 3 aliphatic rings. The first-order chi connectivity index (χ1) is 27.9. The van der Waals surface area contributed by atoms with Crippen molar-refractivity contribution in [3.05, 3.63) is 96.5 Å². The Balaban J connectivity index is 0.757. The van der Waals surface area contributed by atoms with Crippen LogP contribution in [0.3, 0.4) is 0 Å². The lowest BCUT2D eigenvalue weighted by molar-refractivity contribution is -0.136. The highest BCUT2D eigenvalue weighted by atomic mass is 16.2. The number of anilines is 3. The van der Waals surface area contributed by atoms with Gasteiger partial charge in [-0.2, -0.15) is 10.1 Å². The van der Waals surface area contributed by atoms with Crippen LogP contribution >= 0.6 is 0 Å². The molecular weight excluding hydrogens is 721 g/mol. The molecule has 4 amide bonds. The molecule has 294 valence electrons. The van der Waals surface area contributed by atoms with Gasteiger partial charge in [-0.25, -0.2) is 4.98 Å². The highest BCUT2D eigenvalue weighted by Crippen LogP contribution is 2.33. The van der Waals surface area contributed by atoms with E-state index in [9.17, 15) is 19.2 Å². The minimum atomic E-state index is -0.970. The average molecular weight is 769 g/mol. The Kier molecular flexibility index (Phi) is 11.2. The Bertz CT molecular complexity index is 2290. The second-order valence-electron chi connectivity index (χ2n) is 15.1. The fourth-order valence-electron chi connectivity index (χ4n) is 8.21. The lowest BCUT2D eigenvalue weighted by Crippen LogP contribution is -2.54. The molecule has 14 nitrogen and oxygen atoms in total. The summed E-state index contributed by atoms with van der Waals surface area (Å²) in [4.78, 5) is 66.9. The van der Waals surface area contributed by atoms with Gasteiger partial charge in [-0.05, 0) is 100.0 Å². The third-order valence-electron chi connectivity index (χ3n) is 11.3. The number of aromatic nitrogens is 5. The van der Waals surface area contributed by atoms with Crippen molar-refractivity contribution in [3.8, 4) is 11.3 Å². The van der Waals surface area contributed by atoms with Crippen molar-refractivity contribution in [3.63, 3.8) is 0 Å². The van der Waals surface area contributed by atoms with Crippen molar-refractivity contribution in [2.24, 2.45) is 0 Å². The molecule has 4 N–H and O–H groups in total. The summed E-state index contributed by atoms with van der Waals surface area (Å²) >= 11 is 0. The van der Waals surface area contributed by atoms with Gasteiger partial charge in [0, 0.05) is 54.2 Å². The van der Waals surface area contributed by atoms with Gasteiger partial charge in [0.15, 0.2) is 0 Å². The molecule has 0 saturated carbocycles. The van der Waals surface area contributed by atoms with Crippen LogP contribution in [0, 0.1) is 0 Å². The van der Waals surface area contributed by atoms with Crippen LogP contribution < -0.4 is 16.0 Å². The number of unbranched alkanes of at least 4 members (excludes halogenated alkanes) is 3. The first kappa shape index (κ1) is 37.8. The van der Waals surface area contributed by atoms with Gasteiger partial charge in [0.1, 0.15) is 11.7 Å². The molecule has 2 saturated heterocycles. The number of likely N-dealkylation sites (tertiary alicyclic amines) is 1. The fraction of sp³-hybridized carbons (Fsp3) is 0.372. The minimum Gasteiger partial charge on any atom is -0.384 e. The van der Waals surface area contributed by atoms with Crippen molar-refractivity contribution < 1.29 is 19.2 Å². The molecule has 0 aliphatic carbocycles. The smallest absolute Gasteiger partial charge is 0.264 e. The van der Waals surface area contributed by atoms with E-state index in [2.05, 4.69) is 61.8 Å². The number of allylic oxidation sites excluding steroid dienone is 1. The van der Waals surface area contributed by atoms with Crippen LogP contribution in [0.5, 0.6) is 0 Å². The Morgan fingerprint density at radius 3 is 2.53 bits per heavy atom. The van der Waals surface area contributed by atoms with Gasteiger partial charge >= 0.3 is 0 Å². The Hall–Kier alpha value is -6.15. The van der Waals surface area contributed by atoms with Gasteiger partial charge in [-0.3, -0.25) is 34.1 Å². The molecule has 3 aliphatic heterocycles. The minimum absolute atomic E-state index is 0.0966. The van der Waals surface area contributed by atoms with Gasteiger partial charge in [-0.1, -0.05) is 37.1 Å². The van der Waals surface area contributed by atoms with Crippen molar-refractivity contribution >= 4 is 52.0 Å². The van der Waals surface area contributed by atoms with E-state index in [0.29, 0.717) is 35.2 Å². The van der Waals surface area contributed by atoms with Gasteiger partial charge in [0.2, 0.25) is 17.8 Å². The van der Waals surface area contributed by atoms with E-state index >= 15 is 0 Å². The number of amides is 4. The molecule has 1 unspecified atom stereocenters. The summed E-state index contributed by atoms with van der Waals surface area (Å²) < 4.78 is 1.91. The summed E-state index contributed by atoms with van der Waals surface area (Å²) in [6.45, 7) is 8.52. The first-order valence-corrected chi connectivity index (χ1v) is 20.0. The number of rotatable bonds is 16. The number of aromatic amines is 1. The number of aryl methyl sites for hydroxylation is 1. The maximum atomic E-state index is 13.3. The molecule has 2 fully saturated rings. The lowest BCUT2D eigenvalue weighted by Gasteiger charge is -2.32. The van der Waals surface area contributed by atoms with Gasteiger partial charge in [0.05, 0.1) is 23.0 Å². The van der Waals surface area contributed by atoms with Crippen LogP contribution in [0.1, 0.15) is 90.0 Å². The van der Waals surface area contributed by atoms with Crippen LogP contribution in [0.25, 0.3) is 22.3 Å². The normalized spacial score (nSPS) is 17.6. The Morgan fingerprint density at radius 2 is 1.72 bits per heavy atom. The van der Waals surface area contributed by atoms with E-state index in [1.165, 1.54) is 5.56 Å². The Morgan fingerprint density at radius 1 is 0.895 bits per heavy atom. The van der Waals surface area contributed by atoms with E-state index in [1.54, 1.807) is 18.2 Å². The summed E-state index contributed by atoms with van der Waals surface area (Å²) in [5, 5.41) is 14.5. The van der Waals surface area contributed by atoms with Crippen molar-refractivity contribution in [1.82, 2.24) is 39.8 Å². The summed E-state index contributed by atoms with van der Waals surface area (Å²) in [6.07, 6.45) is 15.2. The second kappa shape index (κ2) is 16.9. The van der Waals surface area contributed by atoms with Crippen LogP contribution in [0.4, 0.5) is 17.3 Å². The number of nitrogens with one attached hydrogen (secondary N) is 4. The third-order valence-corrected chi connectivity index (χ3v) is 11.3. The monoisotopic (exact) mass is 768 g/mol. The highest BCUT2D eigenvalue weighted by Gasteiger charge is 2.45. The number of carbonyl (C=O) groups is 4. The maximum Gasteiger partial charge on any atom is 0.264 e. The summed E-state index contributed by atoms with van der Waals surface area (Å²) in [6, 6.07) is 14.9. The number of piperidine rings is 2. The number of hydrogen-bond donors (Lipinski definition) is 4. The predicted octanol–water partition coefficient (Wildman–Crippen LogP) is 6.39. The molecule has 5 aromatic rings. The van der Waals surface area contributed by atoms with Crippen molar-refractivity contribution in [1.29, 1.82) is 0 Å². The second-order valence-corrected chi connectivity index (χ2v) is 15.1. The number of imide groups is 2. The lowest BCUT2D eigenvalue weighted by atomic mass is 9.89. The van der Waals surface area contributed by atoms with Crippen molar-refractivity contribution in [2.45, 2.75) is 76.3 Å². The molecular formula is C43H48N10O4. The van der Waals surface area contributed by atoms with Crippen LogP contribution in [0.2, 0.25) is 0 Å². The quantitative estimate of drug-likeness (QED) is 0.0501. The van der Waals surface area contributed by atoms with E-state index in [0.717, 1.165) is 104 Å². The summed E-state index contributed by atoms with van der Waals surface area (Å²) in [5.41, 5.74) is 6.05. The van der Waals surface area contributed by atoms with Gasteiger partial charge < -0.3 is 20.5 Å². The predicted molar refractivity (Wildman–Crippen MR) is 218 cm³/mol. The zero-order chi connectivity index (χ0) is 39.3. The largest absolute Gasteiger partial charge is 0.384 e. The number of fused-ring (bicyclic) bond motifs is 2. The SMILES string of the molecule is C=CCCn1cc(-c2nc(Nc3ccc(C4CCN(CCCCCCNc5cccc6c5C(=O)N(C5CCC(=O)NC5=O)C6=O)CC4)cc3)nc3[nH]ccc23)cn1. The van der Waals surface area contributed by atoms with Crippen LogP contribution in [-0.2, 0) is 16.1 Å². The fourth-order valence-corrected chi connectivity index (χ4v) is 8.21. The zero-order valence-corrected chi connectivity index (χ0v) is 32.0. The average Bonchev–Trinajstić information content (AvgIpc) is 3.96. The maximum absolute atomic E-state index is 13.3. The molecule has 6 heterocycles. The van der Waals surface area contributed by atoms with E-state index in [4.69, 9.17) is 9.97 Å². The van der Waals surface area contributed by atoms with E-state index in [-0.39, 0.29) is 18.7 Å². The number of H-pyrrole nitrogens is 1. The molecule has 0 bridgehead atoms. The standard InChI is InChI=1S/C43H48N10O4/c1-2-3-23-52-27-30(26-46-52)38-33-17-21-45-39(33)50-43(49-38)47-31-13-11-28(12-14-31)29-18-24-51(25-19-29)22-7-5-4-6-20-44-34-10-8-9-32-37(34)42(57)53(41(32)56)35-15-16-36(54)48-40(35)55/h2,8-14,17,21,26-27,29,35,44H,1,3-7,15-16,18-20,22-25H2,(H,48,54,55)(H2,45,47,49,50).